The molecule has 1 aromatic heterocycles. The second-order valence-corrected chi connectivity index (χ2v) is 3.66. The first-order chi connectivity index (χ1) is 7.88. The zero-order chi connectivity index (χ0) is 11.0. The summed E-state index contributed by atoms with van der Waals surface area (Å²) in [5, 5.41) is 4.37. The van der Waals surface area contributed by atoms with Gasteiger partial charge in [0.15, 0.2) is 5.75 Å². The number of anilines is 1. The van der Waals surface area contributed by atoms with Crippen LogP contribution < -0.4 is 14.8 Å². The molecule has 1 N–H and O–H groups in total. The molecule has 1 aliphatic rings. The second kappa shape index (κ2) is 3.56. The molecule has 3 rings (SSSR count). The van der Waals surface area contributed by atoms with Crippen LogP contribution >= 0.6 is 0 Å². The summed E-state index contributed by atoms with van der Waals surface area (Å²) in [7, 11) is 1.66. The van der Waals surface area contributed by atoms with Crippen LogP contribution in [0.2, 0.25) is 0 Å². The summed E-state index contributed by atoms with van der Waals surface area (Å²) in [6.45, 7) is 1.51. The Morgan fingerprint density at radius 2 is 2.38 bits per heavy atom. The van der Waals surface area contributed by atoms with Crippen LogP contribution in [0, 0.1) is 0 Å². The highest BCUT2D eigenvalue weighted by molar-refractivity contribution is 5.95. The fourth-order valence-corrected chi connectivity index (χ4v) is 1.91. The highest BCUT2D eigenvalue weighted by Crippen LogP contribution is 2.35. The summed E-state index contributed by atoms with van der Waals surface area (Å²) in [5.74, 6) is 1.64. The predicted molar refractivity (Wildman–Crippen MR) is 62.3 cm³/mol. The average molecular weight is 216 g/mol. The third kappa shape index (κ3) is 1.34. The Bertz CT molecular complexity index is 535. The van der Waals surface area contributed by atoms with E-state index in [-0.39, 0.29) is 0 Å². The first kappa shape index (κ1) is 9.27. The lowest BCUT2D eigenvalue weighted by Crippen LogP contribution is -2.18. The molecular formula is C12H12N2O2. The number of fused-ring (bicyclic) bond motifs is 3. The van der Waals surface area contributed by atoms with E-state index in [1.54, 1.807) is 13.3 Å². The molecule has 0 atom stereocenters. The number of benzene rings is 1. The summed E-state index contributed by atoms with van der Waals surface area (Å²) in [6, 6.07) is 5.83. The van der Waals surface area contributed by atoms with E-state index >= 15 is 0 Å². The maximum Gasteiger partial charge on any atom is 0.161 e. The van der Waals surface area contributed by atoms with E-state index in [1.807, 2.05) is 18.2 Å². The van der Waals surface area contributed by atoms with Crippen molar-refractivity contribution in [2.45, 2.75) is 0 Å². The largest absolute Gasteiger partial charge is 0.497 e. The van der Waals surface area contributed by atoms with E-state index in [0.717, 1.165) is 34.6 Å². The van der Waals surface area contributed by atoms with Crippen LogP contribution in [0.25, 0.3) is 10.9 Å². The number of hydrogen-bond donors (Lipinski definition) is 1. The van der Waals surface area contributed by atoms with Gasteiger partial charge in [-0.2, -0.15) is 0 Å². The summed E-state index contributed by atoms with van der Waals surface area (Å²) in [4.78, 5) is 4.35. The Hall–Kier alpha value is -1.97. The molecule has 0 aliphatic carbocycles. The van der Waals surface area contributed by atoms with E-state index in [1.165, 1.54) is 0 Å². The number of nitrogens with one attached hydrogen (secondary N) is 1. The van der Waals surface area contributed by atoms with Crippen molar-refractivity contribution >= 4 is 16.6 Å². The zero-order valence-corrected chi connectivity index (χ0v) is 8.99. The number of pyridine rings is 1. The second-order valence-electron chi connectivity index (χ2n) is 3.66. The van der Waals surface area contributed by atoms with Gasteiger partial charge in [-0.1, -0.05) is 0 Å². The monoisotopic (exact) mass is 216 g/mol. The molecule has 0 saturated heterocycles. The van der Waals surface area contributed by atoms with Crippen LogP contribution in [0.15, 0.2) is 24.4 Å². The molecule has 0 fully saturated rings. The van der Waals surface area contributed by atoms with Gasteiger partial charge in [0.2, 0.25) is 0 Å². The van der Waals surface area contributed by atoms with Crippen LogP contribution in [-0.4, -0.2) is 25.2 Å². The van der Waals surface area contributed by atoms with Crippen molar-refractivity contribution in [2.24, 2.45) is 0 Å². The number of aromatic nitrogens is 1. The van der Waals surface area contributed by atoms with Crippen LogP contribution in [0.5, 0.6) is 11.5 Å². The van der Waals surface area contributed by atoms with E-state index < -0.39 is 0 Å². The van der Waals surface area contributed by atoms with Gasteiger partial charge < -0.3 is 14.8 Å². The molecule has 4 nitrogen and oxygen atoms in total. The van der Waals surface area contributed by atoms with Crippen LogP contribution in [0.4, 0.5) is 5.69 Å². The van der Waals surface area contributed by atoms with E-state index in [2.05, 4.69) is 10.3 Å². The Labute approximate surface area is 93.2 Å². The van der Waals surface area contributed by atoms with Crippen molar-refractivity contribution in [3.63, 3.8) is 0 Å². The van der Waals surface area contributed by atoms with Gasteiger partial charge in [-0.05, 0) is 18.2 Å². The molecule has 0 spiro atoms. The maximum absolute atomic E-state index is 5.54. The van der Waals surface area contributed by atoms with Crippen molar-refractivity contribution in [2.75, 3.05) is 25.6 Å². The van der Waals surface area contributed by atoms with Gasteiger partial charge in [-0.15, -0.1) is 0 Å². The third-order valence-electron chi connectivity index (χ3n) is 2.70. The molecule has 2 aromatic rings. The first-order valence-corrected chi connectivity index (χ1v) is 5.22. The Morgan fingerprint density at radius 3 is 3.25 bits per heavy atom. The Kier molecular flexibility index (Phi) is 2.06. The molecule has 0 saturated carbocycles. The topological polar surface area (TPSA) is 43.4 Å². The third-order valence-corrected chi connectivity index (χ3v) is 2.70. The van der Waals surface area contributed by atoms with Gasteiger partial charge >= 0.3 is 0 Å². The molecule has 16 heavy (non-hydrogen) atoms. The molecule has 2 heterocycles. The van der Waals surface area contributed by atoms with E-state index in [0.29, 0.717) is 6.61 Å². The van der Waals surface area contributed by atoms with Gasteiger partial charge in [-0.25, -0.2) is 0 Å². The quantitative estimate of drug-likeness (QED) is 0.792. The smallest absolute Gasteiger partial charge is 0.161 e. The molecule has 0 bridgehead atoms. The Morgan fingerprint density at radius 1 is 1.44 bits per heavy atom. The lowest BCUT2D eigenvalue weighted by Gasteiger charge is -2.20. The minimum atomic E-state index is 0.685. The van der Waals surface area contributed by atoms with Crippen molar-refractivity contribution in [3.05, 3.63) is 24.4 Å². The predicted octanol–water partition coefficient (Wildman–Crippen LogP) is 2.05. The molecule has 0 radical (unpaired) electrons. The van der Waals surface area contributed by atoms with Gasteiger partial charge in [0.25, 0.3) is 0 Å². The highest BCUT2D eigenvalue weighted by Gasteiger charge is 2.14. The van der Waals surface area contributed by atoms with Crippen molar-refractivity contribution in [1.82, 2.24) is 4.98 Å². The van der Waals surface area contributed by atoms with Crippen LogP contribution in [-0.2, 0) is 0 Å². The van der Waals surface area contributed by atoms with Gasteiger partial charge in [-0.3, -0.25) is 4.98 Å². The summed E-state index contributed by atoms with van der Waals surface area (Å²) >= 11 is 0. The lowest BCUT2D eigenvalue weighted by molar-refractivity contribution is 0.323. The van der Waals surface area contributed by atoms with E-state index in [9.17, 15) is 0 Å². The lowest BCUT2D eigenvalue weighted by atomic mass is 10.1. The van der Waals surface area contributed by atoms with Crippen molar-refractivity contribution < 1.29 is 9.47 Å². The van der Waals surface area contributed by atoms with E-state index in [4.69, 9.17) is 9.47 Å². The first-order valence-electron chi connectivity index (χ1n) is 5.22. The number of ether oxygens (including phenoxy) is 2. The van der Waals surface area contributed by atoms with Crippen molar-refractivity contribution in [1.29, 1.82) is 0 Å². The molecular weight excluding hydrogens is 204 g/mol. The summed E-state index contributed by atoms with van der Waals surface area (Å²) < 4.78 is 10.8. The molecule has 1 aromatic carbocycles. The minimum Gasteiger partial charge on any atom is -0.497 e. The summed E-state index contributed by atoms with van der Waals surface area (Å²) in [6.07, 6.45) is 1.76. The van der Waals surface area contributed by atoms with Crippen LogP contribution in [0.3, 0.4) is 0 Å². The maximum atomic E-state index is 5.54. The minimum absolute atomic E-state index is 0.685. The summed E-state index contributed by atoms with van der Waals surface area (Å²) in [5.41, 5.74) is 1.95. The zero-order valence-electron chi connectivity index (χ0n) is 8.99. The molecule has 0 unspecified atom stereocenters. The normalized spacial score (nSPS) is 13.8. The molecule has 0 amide bonds. The average Bonchev–Trinajstić information content (AvgIpc) is 2.38. The van der Waals surface area contributed by atoms with Gasteiger partial charge in [0.1, 0.15) is 12.4 Å². The molecule has 4 heteroatoms. The fraction of sp³-hybridized carbons (Fsp3) is 0.250. The van der Waals surface area contributed by atoms with Gasteiger partial charge in [0, 0.05) is 11.9 Å². The molecule has 1 aliphatic heterocycles. The van der Waals surface area contributed by atoms with Gasteiger partial charge in [0.05, 0.1) is 24.5 Å². The van der Waals surface area contributed by atoms with Crippen molar-refractivity contribution in [3.8, 4) is 11.5 Å². The number of nitrogens with zero attached hydrogens (tertiary/aromatic N) is 1. The standard InChI is InChI=1S/C12H12N2O2/c1-15-8-2-3-10-9(6-8)12-11(7-14-10)16-5-4-13-12/h2-3,6-7,13H,4-5H2,1H3. The number of methoxy groups -OCH3 is 1. The Balaban J connectivity index is 2.27. The number of hydrogen-bond acceptors (Lipinski definition) is 4. The molecule has 82 valence electrons. The highest BCUT2D eigenvalue weighted by atomic mass is 16.5. The number of rotatable bonds is 1. The van der Waals surface area contributed by atoms with Crippen LogP contribution in [0.1, 0.15) is 0 Å². The fourth-order valence-electron chi connectivity index (χ4n) is 1.91. The SMILES string of the molecule is COc1ccc2ncc3c(c2c1)NCCO3.